The van der Waals surface area contributed by atoms with Gasteiger partial charge >= 0.3 is 0 Å². The Labute approximate surface area is 75.7 Å². The van der Waals surface area contributed by atoms with E-state index < -0.39 is 14.7 Å². The van der Waals surface area contributed by atoms with E-state index >= 15 is 0 Å². The van der Waals surface area contributed by atoms with Crippen molar-refractivity contribution in [2.45, 2.75) is 45.1 Å². The van der Waals surface area contributed by atoms with Crippen molar-refractivity contribution in [1.29, 1.82) is 0 Å². The first-order valence-corrected chi connectivity index (χ1v) is 11.8. The third kappa shape index (κ3) is 1.88. The molecule has 1 rings (SSSR count). The Kier molecular flexibility index (Phi) is 2.55. The Balaban J connectivity index is 2.72. The second-order valence-electron chi connectivity index (χ2n) is 4.17. The Hall–Kier alpha value is 0.684. The van der Waals surface area contributed by atoms with Crippen LogP contribution in [-0.2, 0) is 4.43 Å². The molecule has 11 heavy (non-hydrogen) atoms. The first kappa shape index (κ1) is 9.77. The maximum absolute atomic E-state index is 6.50. The predicted molar refractivity (Wildman–Crippen MR) is 54.9 cm³/mol. The quantitative estimate of drug-likeness (QED) is 0.440. The van der Waals surface area contributed by atoms with E-state index in [1.807, 2.05) is 0 Å². The van der Waals surface area contributed by atoms with Gasteiger partial charge in [-0.1, -0.05) is 6.55 Å². The summed E-state index contributed by atoms with van der Waals surface area (Å²) in [6.07, 6.45) is 1.62. The van der Waals surface area contributed by atoms with Crippen molar-refractivity contribution < 1.29 is 4.43 Å². The van der Waals surface area contributed by atoms with Gasteiger partial charge in [0.1, 0.15) is 0 Å². The van der Waals surface area contributed by atoms with Crippen LogP contribution >= 0.6 is 11.1 Å². The normalized spacial score (nSPS) is 43.9. The monoisotopic (exact) mass is 208 g/mol. The summed E-state index contributed by atoms with van der Waals surface area (Å²) < 4.78 is 5.96. The summed E-state index contributed by atoms with van der Waals surface area (Å²) in [5.41, 5.74) is 0. The number of hydrogen-bond donors (Lipinski definition) is 0. The smallest absolute Gasteiger partial charge is 0.192 e. The first-order chi connectivity index (χ1) is 4.85. The minimum Gasteiger partial charge on any atom is -0.416 e. The van der Waals surface area contributed by atoms with Crippen LogP contribution in [0.2, 0.25) is 25.7 Å². The average Bonchev–Trinajstić information content (AvgIpc) is 1.80. The molecule has 0 aromatic rings. The largest absolute Gasteiger partial charge is 0.416 e. The first-order valence-electron chi connectivity index (χ1n) is 4.22. The molecule has 0 amide bonds. The topological polar surface area (TPSA) is 9.23 Å². The highest BCUT2D eigenvalue weighted by Crippen LogP contribution is 2.35. The van der Waals surface area contributed by atoms with Crippen LogP contribution in [0.5, 0.6) is 0 Å². The van der Waals surface area contributed by atoms with Crippen LogP contribution in [-0.4, -0.2) is 20.8 Å². The van der Waals surface area contributed by atoms with Crippen molar-refractivity contribution in [2.24, 2.45) is 0 Å². The fourth-order valence-electron chi connectivity index (χ4n) is 1.46. The van der Waals surface area contributed by atoms with Gasteiger partial charge in [-0.05, 0) is 32.5 Å². The molecule has 2 unspecified atom stereocenters. The Morgan fingerprint density at radius 1 is 1.36 bits per heavy atom. The molecule has 1 aliphatic rings. The predicted octanol–water partition coefficient (Wildman–Crippen LogP) is 2.89. The highest BCUT2D eigenvalue weighted by Gasteiger charge is 2.49. The molecule has 0 spiro atoms. The zero-order valence-corrected chi connectivity index (χ0v) is 10.5. The summed E-state index contributed by atoms with van der Waals surface area (Å²) in [5, 5.41) is 0. The van der Waals surface area contributed by atoms with E-state index in [-0.39, 0.29) is 0 Å². The van der Waals surface area contributed by atoms with Gasteiger partial charge in [0.25, 0.3) is 0 Å². The molecule has 1 nitrogen and oxygen atoms in total. The maximum atomic E-state index is 6.50. The molecule has 1 aliphatic heterocycles. The van der Waals surface area contributed by atoms with Crippen molar-refractivity contribution in [3.8, 4) is 0 Å². The number of hydrogen-bond acceptors (Lipinski definition) is 1. The molecular formula is C7H17ClOSi2. The summed E-state index contributed by atoms with van der Waals surface area (Å²) in [5.74, 6) is 0. The average molecular weight is 209 g/mol. The highest BCUT2D eigenvalue weighted by atomic mass is 35.6. The van der Waals surface area contributed by atoms with Crippen LogP contribution in [0.25, 0.3) is 0 Å². The molecule has 0 aromatic carbocycles. The lowest BCUT2D eigenvalue weighted by Gasteiger charge is -2.42. The van der Waals surface area contributed by atoms with Crippen molar-refractivity contribution in [2.75, 3.05) is 0 Å². The van der Waals surface area contributed by atoms with Gasteiger partial charge in [0, 0.05) is 6.10 Å². The fourth-order valence-corrected chi connectivity index (χ4v) is 8.69. The Morgan fingerprint density at radius 3 is 2.27 bits per heavy atom. The molecule has 0 bridgehead atoms. The van der Waals surface area contributed by atoms with Crippen LogP contribution in [0, 0.1) is 0 Å². The SMILES string of the molecule is CC1CC[Si](C)(Cl)[Si](C)(C)O1. The van der Waals surface area contributed by atoms with E-state index in [9.17, 15) is 0 Å². The van der Waals surface area contributed by atoms with Crippen LogP contribution in [0.4, 0.5) is 0 Å². The van der Waals surface area contributed by atoms with E-state index in [1.165, 1.54) is 12.5 Å². The van der Waals surface area contributed by atoms with E-state index in [2.05, 4.69) is 26.6 Å². The lowest BCUT2D eigenvalue weighted by atomic mass is 10.3. The van der Waals surface area contributed by atoms with Crippen molar-refractivity contribution in [3.05, 3.63) is 0 Å². The molecule has 0 aromatic heterocycles. The van der Waals surface area contributed by atoms with Gasteiger partial charge in [-0.3, -0.25) is 0 Å². The fraction of sp³-hybridized carbons (Fsp3) is 1.00. The number of halogens is 1. The minimum absolute atomic E-state index is 0.455. The molecule has 0 saturated carbocycles. The van der Waals surface area contributed by atoms with Crippen LogP contribution in [0.3, 0.4) is 0 Å². The van der Waals surface area contributed by atoms with Gasteiger partial charge in [-0.15, -0.1) is 0 Å². The van der Waals surface area contributed by atoms with Crippen molar-refractivity contribution in [1.82, 2.24) is 0 Å². The highest BCUT2D eigenvalue weighted by molar-refractivity contribution is 7.57. The molecular weight excluding hydrogens is 192 g/mol. The molecule has 0 N–H and O–H groups in total. The molecule has 0 aliphatic carbocycles. The molecule has 66 valence electrons. The molecule has 4 heteroatoms. The third-order valence-electron chi connectivity index (χ3n) is 2.77. The van der Waals surface area contributed by atoms with E-state index in [0.717, 1.165) is 0 Å². The summed E-state index contributed by atoms with van der Waals surface area (Å²) in [7, 11) is -1.48. The van der Waals surface area contributed by atoms with Crippen LogP contribution in [0.1, 0.15) is 13.3 Å². The second kappa shape index (κ2) is 2.87. The van der Waals surface area contributed by atoms with Crippen molar-refractivity contribution in [3.63, 3.8) is 0 Å². The van der Waals surface area contributed by atoms with Gasteiger partial charge in [-0.2, -0.15) is 11.1 Å². The molecule has 0 radical (unpaired) electrons. The maximum Gasteiger partial charge on any atom is 0.192 e. The zero-order valence-electron chi connectivity index (χ0n) is 7.78. The van der Waals surface area contributed by atoms with Crippen molar-refractivity contribution >= 4 is 25.8 Å². The van der Waals surface area contributed by atoms with Crippen LogP contribution < -0.4 is 0 Å². The van der Waals surface area contributed by atoms with Gasteiger partial charge in [0.05, 0.1) is 0 Å². The minimum atomic E-state index is -1.48. The lowest BCUT2D eigenvalue weighted by molar-refractivity contribution is 0.207. The molecule has 1 fully saturated rings. The summed E-state index contributed by atoms with van der Waals surface area (Å²) in [6.45, 7) is 7.48. The number of rotatable bonds is 0. The summed E-state index contributed by atoms with van der Waals surface area (Å²) in [4.78, 5) is 0. The zero-order chi connectivity index (χ0) is 8.70. The summed E-state index contributed by atoms with van der Waals surface area (Å²) >= 11 is 6.50. The van der Waals surface area contributed by atoms with Gasteiger partial charge in [0.2, 0.25) is 0 Å². The van der Waals surface area contributed by atoms with Gasteiger partial charge < -0.3 is 4.43 Å². The van der Waals surface area contributed by atoms with E-state index in [4.69, 9.17) is 15.5 Å². The lowest BCUT2D eigenvalue weighted by Crippen LogP contribution is -2.59. The molecule has 1 saturated heterocycles. The third-order valence-corrected chi connectivity index (χ3v) is 20.8. The van der Waals surface area contributed by atoms with Gasteiger partial charge in [0.15, 0.2) is 14.7 Å². The van der Waals surface area contributed by atoms with Crippen LogP contribution in [0.15, 0.2) is 0 Å². The summed E-state index contributed by atoms with van der Waals surface area (Å²) in [6, 6.07) is 1.24. The Bertz CT molecular complexity index is 159. The molecule has 2 atom stereocenters. The Morgan fingerprint density at radius 2 is 1.91 bits per heavy atom. The van der Waals surface area contributed by atoms with E-state index in [1.54, 1.807) is 0 Å². The van der Waals surface area contributed by atoms with E-state index in [0.29, 0.717) is 6.10 Å². The molecule has 1 heterocycles. The standard InChI is InChI=1S/C7H17ClOSi2/c1-7-5-6-11(4,8)10(2,3)9-7/h7H,5-6H2,1-4H3. The second-order valence-corrected chi connectivity index (χ2v) is 20.7. The van der Waals surface area contributed by atoms with Gasteiger partial charge in [-0.25, -0.2) is 0 Å².